The van der Waals surface area contributed by atoms with E-state index in [9.17, 15) is 36.0 Å². The number of carbonyl (C=O) groups excluding carboxylic acids is 3. The number of halogens is 6. The van der Waals surface area contributed by atoms with Gasteiger partial charge < -0.3 is 20.7 Å². The second-order valence-electron chi connectivity index (χ2n) is 11.0. The van der Waals surface area contributed by atoms with Gasteiger partial charge in [0.25, 0.3) is 15.9 Å². The number of hydrogen-bond donors (Lipinski definition) is 3. The van der Waals surface area contributed by atoms with Crippen molar-refractivity contribution in [1.82, 2.24) is 10.2 Å². The van der Waals surface area contributed by atoms with Gasteiger partial charge >= 0.3 is 18.2 Å². The number of anilines is 2. The number of nitrogens with zero attached hydrogens (tertiary/aromatic N) is 2. The van der Waals surface area contributed by atoms with Crippen LogP contribution in [0.5, 0.6) is 5.75 Å². The van der Waals surface area contributed by atoms with Crippen molar-refractivity contribution in [2.24, 2.45) is 5.73 Å². The first-order valence-electron chi connectivity index (χ1n) is 15.3. The van der Waals surface area contributed by atoms with E-state index in [0.717, 1.165) is 18.2 Å². The van der Waals surface area contributed by atoms with Crippen LogP contribution in [0.25, 0.3) is 0 Å². The molecule has 3 aromatic rings. The van der Waals surface area contributed by atoms with Crippen LogP contribution in [0.15, 0.2) is 59.5 Å². The molecule has 3 amide bonds. The minimum Gasteiger partial charge on any atom is -0.418 e. The normalized spacial score (nSPS) is 15.9. The number of rotatable bonds is 13. The van der Waals surface area contributed by atoms with Crippen LogP contribution in [0.1, 0.15) is 44.2 Å². The van der Waals surface area contributed by atoms with E-state index in [1.54, 1.807) is 13.8 Å². The zero-order valence-electron chi connectivity index (χ0n) is 26.7. The number of benzene rings is 3. The fraction of sp³-hybridized carbons (Fsp3) is 0.344. The van der Waals surface area contributed by atoms with Crippen molar-refractivity contribution in [2.75, 3.05) is 35.8 Å². The molecule has 18 heteroatoms. The van der Waals surface area contributed by atoms with Crippen molar-refractivity contribution < 1.29 is 40.7 Å². The molecule has 1 heterocycles. The molecule has 0 fully saturated rings. The molecule has 4 N–H and O–H groups in total. The number of carbonyl (C=O) groups is 3. The number of alkyl halides is 3. The highest BCUT2D eigenvalue weighted by Crippen LogP contribution is 2.56. The van der Waals surface area contributed by atoms with Crippen molar-refractivity contribution in [1.29, 1.82) is 0 Å². The molecule has 0 aliphatic carbocycles. The van der Waals surface area contributed by atoms with E-state index in [0.29, 0.717) is 43.2 Å². The Morgan fingerprint density at radius 1 is 0.980 bits per heavy atom. The molecule has 0 aromatic heterocycles. The van der Waals surface area contributed by atoms with Gasteiger partial charge in [0.1, 0.15) is 5.02 Å². The minimum atomic E-state index is -5.52. The summed E-state index contributed by atoms with van der Waals surface area (Å²) in [6.07, 6.45) is -3.96. The van der Waals surface area contributed by atoms with Gasteiger partial charge in [-0.1, -0.05) is 59.4 Å². The van der Waals surface area contributed by atoms with Crippen LogP contribution in [0.2, 0.25) is 15.1 Å². The van der Waals surface area contributed by atoms with Crippen LogP contribution < -0.4 is 25.4 Å². The lowest BCUT2D eigenvalue weighted by Crippen LogP contribution is -2.53. The lowest BCUT2D eigenvalue weighted by atomic mass is 9.82. The van der Waals surface area contributed by atoms with Crippen LogP contribution in [0.3, 0.4) is 0 Å². The van der Waals surface area contributed by atoms with Gasteiger partial charge in [0.15, 0.2) is 11.3 Å². The lowest BCUT2D eigenvalue weighted by Gasteiger charge is -2.32. The zero-order chi connectivity index (χ0) is 37.0. The molecule has 0 radical (unpaired) electrons. The quantitative estimate of drug-likeness (QED) is 0.0988. The molecule has 50 heavy (non-hydrogen) atoms. The zero-order valence-corrected chi connectivity index (χ0v) is 29.8. The fourth-order valence-electron chi connectivity index (χ4n) is 5.49. The summed E-state index contributed by atoms with van der Waals surface area (Å²) in [5.74, 6) is -4.91. The van der Waals surface area contributed by atoms with Crippen LogP contribution in [-0.2, 0) is 25.2 Å². The Kier molecular flexibility index (Phi) is 12.3. The smallest absolute Gasteiger partial charge is 0.418 e. The standard InChI is InChI=1S/C32H33Cl3F3N5O6S/c1-3-42(4-2)30(46)41-19-12-14-20(15-13-19)50(47,48)43-24-18-23(34)26(35)27(49-29(45)32(36,37)38)25(24)31(28(43)44,40-17-9-5-8-16-39)21-10-6-7-11-22(21)33/h6-7,10-15,18,40H,3-5,8-9,16-17,39H2,1-2H3,(H,41,46). The van der Waals surface area contributed by atoms with E-state index in [1.165, 1.54) is 41.3 Å². The van der Waals surface area contributed by atoms with Gasteiger partial charge in [-0.05, 0) is 76.2 Å². The van der Waals surface area contributed by atoms with Crippen LogP contribution >= 0.6 is 34.8 Å². The van der Waals surface area contributed by atoms with E-state index in [1.807, 2.05) is 0 Å². The summed E-state index contributed by atoms with van der Waals surface area (Å²) in [5, 5.41) is 4.38. The summed E-state index contributed by atoms with van der Waals surface area (Å²) in [6.45, 7) is 4.79. The largest absolute Gasteiger partial charge is 0.491 e. The molecule has 4 rings (SSSR count). The third kappa shape index (κ3) is 7.53. The fourth-order valence-corrected chi connectivity index (χ4v) is 7.60. The Hall–Kier alpha value is -3.60. The second-order valence-corrected chi connectivity index (χ2v) is 14.0. The third-order valence-corrected chi connectivity index (χ3v) is 10.7. The van der Waals surface area contributed by atoms with Gasteiger partial charge in [0, 0.05) is 29.4 Å². The number of urea groups is 1. The van der Waals surface area contributed by atoms with Crippen LogP contribution in [0.4, 0.5) is 29.3 Å². The highest BCUT2D eigenvalue weighted by Gasteiger charge is 2.59. The summed E-state index contributed by atoms with van der Waals surface area (Å²) < 4.78 is 74.7. The van der Waals surface area contributed by atoms with Crippen molar-refractivity contribution in [3.63, 3.8) is 0 Å². The summed E-state index contributed by atoms with van der Waals surface area (Å²) >= 11 is 19.3. The predicted octanol–water partition coefficient (Wildman–Crippen LogP) is 6.69. The Labute approximate surface area is 301 Å². The Bertz CT molecular complexity index is 1880. The molecule has 1 atom stereocenters. The third-order valence-electron chi connectivity index (χ3n) is 7.92. The monoisotopic (exact) mass is 777 g/mol. The Morgan fingerprint density at radius 3 is 2.20 bits per heavy atom. The van der Waals surface area contributed by atoms with E-state index in [-0.39, 0.29) is 22.8 Å². The number of fused-ring (bicyclic) bond motifs is 1. The molecule has 1 aliphatic rings. The first-order valence-corrected chi connectivity index (χ1v) is 17.9. The van der Waals surface area contributed by atoms with Crippen LogP contribution in [0, 0.1) is 0 Å². The topological polar surface area (TPSA) is 151 Å². The molecule has 11 nitrogen and oxygen atoms in total. The maximum Gasteiger partial charge on any atom is 0.491 e. The molecular formula is C32H33Cl3F3N5O6S. The van der Waals surface area contributed by atoms with Crippen molar-refractivity contribution in [3.8, 4) is 5.75 Å². The summed E-state index contributed by atoms with van der Waals surface area (Å²) in [5.41, 5.74) is 2.35. The van der Waals surface area contributed by atoms with E-state index < -0.39 is 71.6 Å². The van der Waals surface area contributed by atoms with Crippen molar-refractivity contribution in [2.45, 2.75) is 49.7 Å². The van der Waals surface area contributed by atoms with Gasteiger partial charge in [0.05, 0.1) is 21.2 Å². The van der Waals surface area contributed by atoms with E-state index in [2.05, 4.69) is 10.6 Å². The second kappa shape index (κ2) is 15.7. The van der Waals surface area contributed by atoms with Crippen molar-refractivity contribution >= 4 is 74.1 Å². The maximum absolute atomic E-state index is 14.9. The van der Waals surface area contributed by atoms with Crippen molar-refractivity contribution in [3.05, 3.63) is 80.8 Å². The number of hydrogen-bond acceptors (Lipinski definition) is 8. The summed E-state index contributed by atoms with van der Waals surface area (Å²) in [6, 6.07) is 11.2. The molecule has 0 bridgehead atoms. The molecule has 1 unspecified atom stereocenters. The average molecular weight is 779 g/mol. The number of esters is 1. The van der Waals surface area contributed by atoms with Gasteiger partial charge in [-0.15, -0.1) is 0 Å². The summed E-state index contributed by atoms with van der Waals surface area (Å²) in [4.78, 5) is 40.7. The Morgan fingerprint density at radius 2 is 1.62 bits per heavy atom. The maximum atomic E-state index is 14.9. The predicted molar refractivity (Wildman–Crippen MR) is 184 cm³/mol. The average Bonchev–Trinajstić information content (AvgIpc) is 3.31. The number of sulfonamides is 1. The minimum absolute atomic E-state index is 0.00186. The first-order chi connectivity index (χ1) is 23.6. The number of ether oxygens (including phenoxy) is 1. The molecule has 0 spiro atoms. The molecule has 1 aliphatic heterocycles. The highest BCUT2D eigenvalue weighted by atomic mass is 35.5. The lowest BCUT2D eigenvalue weighted by molar-refractivity contribution is -0.189. The van der Waals surface area contributed by atoms with Crippen LogP contribution in [-0.4, -0.2) is 63.6 Å². The first kappa shape index (κ1) is 39.2. The van der Waals surface area contributed by atoms with E-state index in [4.69, 9.17) is 45.3 Å². The van der Waals surface area contributed by atoms with E-state index >= 15 is 0 Å². The van der Waals surface area contributed by atoms with Gasteiger partial charge in [-0.25, -0.2) is 22.3 Å². The molecule has 270 valence electrons. The molecular weight excluding hydrogens is 746 g/mol. The molecule has 0 saturated carbocycles. The number of nitrogens with two attached hydrogens (primary N) is 1. The van der Waals surface area contributed by atoms with Gasteiger partial charge in [-0.2, -0.15) is 13.2 Å². The number of amides is 3. The summed E-state index contributed by atoms with van der Waals surface area (Å²) in [7, 11) is -4.91. The Balaban J connectivity index is 1.97. The SMILES string of the molecule is CCN(CC)C(=O)Nc1ccc(S(=O)(=O)N2C(=O)C(NCCCCCN)(c3ccccc3Cl)c3c2cc(Cl)c(Cl)c3OC(=O)C(F)(F)F)cc1. The molecule has 3 aromatic carbocycles. The molecule has 0 saturated heterocycles. The van der Waals surface area contributed by atoms with Gasteiger partial charge in [-0.3, -0.25) is 10.1 Å². The number of unbranched alkanes of at least 4 members (excludes halogenated alkanes) is 2. The highest BCUT2D eigenvalue weighted by molar-refractivity contribution is 7.93. The number of nitrogens with one attached hydrogen (secondary N) is 2. The van der Waals surface area contributed by atoms with Gasteiger partial charge in [0.2, 0.25) is 0 Å².